The molecule has 1 amide bonds. The lowest BCUT2D eigenvalue weighted by Crippen LogP contribution is -2.28. The van der Waals surface area contributed by atoms with Crippen molar-refractivity contribution in [3.05, 3.63) is 48.4 Å². The average Bonchev–Trinajstić information content (AvgIpc) is 3.47. The summed E-state index contributed by atoms with van der Waals surface area (Å²) in [5.74, 6) is 0.647. The molecule has 1 atom stereocenters. The molecule has 1 aliphatic rings. The van der Waals surface area contributed by atoms with Crippen LogP contribution in [0.15, 0.2) is 46.3 Å². The molecule has 1 aliphatic heterocycles. The second kappa shape index (κ2) is 11.7. The second-order valence-corrected chi connectivity index (χ2v) is 7.53. The predicted molar refractivity (Wildman–Crippen MR) is 115 cm³/mol. The van der Waals surface area contributed by atoms with Gasteiger partial charge in [0, 0.05) is 25.8 Å². The highest BCUT2D eigenvalue weighted by molar-refractivity contribution is 5.94. The maximum atomic E-state index is 13.7. The number of hydrogen-bond acceptors (Lipinski definition) is 5. The third-order valence-electron chi connectivity index (χ3n) is 5.30. The van der Waals surface area contributed by atoms with Crippen molar-refractivity contribution in [2.75, 3.05) is 25.0 Å². The standard InChI is InChI=1S/C22H27FN6O2/c23-18-14-25-11-8-19(18)28-22(27-16-24)26-10-4-2-1-3-6-17-9-12-29(15-17)21(30)20-7-5-13-31-20/h5,7-8,11,13-14,17H,1-4,6,9-10,12,15H2,(H2,25,26,27,28). The molecule has 0 spiro atoms. The molecule has 0 bridgehead atoms. The van der Waals surface area contributed by atoms with Crippen molar-refractivity contribution in [3.63, 3.8) is 0 Å². The van der Waals surface area contributed by atoms with Crippen LogP contribution < -0.4 is 10.6 Å². The number of hydrogen-bond donors (Lipinski definition) is 2. The largest absolute Gasteiger partial charge is 0.459 e. The van der Waals surface area contributed by atoms with Crippen molar-refractivity contribution < 1.29 is 13.6 Å². The van der Waals surface area contributed by atoms with Gasteiger partial charge in [-0.15, -0.1) is 0 Å². The van der Waals surface area contributed by atoms with Crippen LogP contribution >= 0.6 is 0 Å². The molecule has 2 aromatic heterocycles. The molecule has 2 aromatic rings. The maximum Gasteiger partial charge on any atom is 0.289 e. The molecule has 9 heteroatoms. The van der Waals surface area contributed by atoms with E-state index in [1.165, 1.54) is 18.5 Å². The number of rotatable bonds is 9. The SMILES string of the molecule is N#CNC(=NCCCCCCC1CCN(C(=O)c2ccco2)C1)Nc1ccncc1F. The molecule has 0 aromatic carbocycles. The number of likely N-dealkylation sites (tertiary alicyclic amines) is 1. The van der Waals surface area contributed by atoms with Crippen LogP contribution in [-0.4, -0.2) is 41.4 Å². The summed E-state index contributed by atoms with van der Waals surface area (Å²) < 4.78 is 18.9. The van der Waals surface area contributed by atoms with Gasteiger partial charge >= 0.3 is 0 Å². The van der Waals surface area contributed by atoms with Crippen LogP contribution in [0.4, 0.5) is 10.1 Å². The fraction of sp³-hybridized carbons (Fsp3) is 0.455. The van der Waals surface area contributed by atoms with Crippen LogP contribution in [0.1, 0.15) is 49.1 Å². The first-order chi connectivity index (χ1) is 15.2. The Balaban J connectivity index is 1.30. The number of nitrogens with zero attached hydrogens (tertiary/aromatic N) is 4. The van der Waals surface area contributed by atoms with Gasteiger partial charge in [-0.3, -0.25) is 20.1 Å². The minimum atomic E-state index is -0.508. The quantitative estimate of drug-likeness (QED) is 0.208. The molecule has 8 nitrogen and oxygen atoms in total. The van der Waals surface area contributed by atoms with Crippen LogP contribution in [0.2, 0.25) is 0 Å². The topological polar surface area (TPSA) is 107 Å². The van der Waals surface area contributed by atoms with E-state index in [0.717, 1.165) is 57.8 Å². The number of guanidine groups is 1. The first-order valence-electron chi connectivity index (χ1n) is 10.6. The number of halogens is 1. The highest BCUT2D eigenvalue weighted by atomic mass is 19.1. The van der Waals surface area contributed by atoms with Crippen molar-refractivity contribution >= 4 is 17.6 Å². The summed E-state index contributed by atoms with van der Waals surface area (Å²) in [5, 5.41) is 14.1. The van der Waals surface area contributed by atoms with Gasteiger partial charge in [-0.05, 0) is 43.4 Å². The smallest absolute Gasteiger partial charge is 0.289 e. The summed E-state index contributed by atoms with van der Waals surface area (Å²) in [6, 6.07) is 4.92. The number of carbonyl (C=O) groups is 1. The first-order valence-corrected chi connectivity index (χ1v) is 10.6. The Hall–Kier alpha value is -3.41. The highest BCUT2D eigenvalue weighted by Crippen LogP contribution is 2.24. The zero-order valence-corrected chi connectivity index (χ0v) is 17.4. The third kappa shape index (κ3) is 6.81. The average molecular weight is 426 g/mol. The van der Waals surface area contributed by atoms with Crippen LogP contribution in [0.5, 0.6) is 0 Å². The lowest BCUT2D eigenvalue weighted by molar-refractivity contribution is 0.0755. The molecular formula is C22H27FN6O2. The van der Waals surface area contributed by atoms with Crippen molar-refractivity contribution in [1.29, 1.82) is 5.26 Å². The van der Waals surface area contributed by atoms with Crippen molar-refractivity contribution in [2.24, 2.45) is 10.9 Å². The summed E-state index contributed by atoms with van der Waals surface area (Å²) in [5.41, 5.74) is 0.215. The fourth-order valence-electron chi connectivity index (χ4n) is 3.67. The molecule has 3 rings (SSSR count). The van der Waals surface area contributed by atoms with E-state index in [1.54, 1.807) is 18.3 Å². The van der Waals surface area contributed by atoms with Crippen molar-refractivity contribution in [1.82, 2.24) is 15.2 Å². The van der Waals surface area contributed by atoms with Gasteiger partial charge < -0.3 is 14.6 Å². The third-order valence-corrected chi connectivity index (χ3v) is 5.30. The Bertz CT molecular complexity index is 909. The Morgan fingerprint density at radius 2 is 2.23 bits per heavy atom. The van der Waals surface area contributed by atoms with E-state index < -0.39 is 5.82 Å². The van der Waals surface area contributed by atoms with Gasteiger partial charge in [-0.1, -0.05) is 19.3 Å². The van der Waals surface area contributed by atoms with Gasteiger partial charge in [0.2, 0.25) is 5.96 Å². The number of pyridine rings is 1. The summed E-state index contributed by atoms with van der Waals surface area (Å²) in [6.07, 6.45) is 12.1. The van der Waals surface area contributed by atoms with Crippen LogP contribution in [0.3, 0.4) is 0 Å². The molecule has 1 saturated heterocycles. The number of furan rings is 1. The fourth-order valence-corrected chi connectivity index (χ4v) is 3.67. The summed E-state index contributed by atoms with van der Waals surface area (Å²) in [7, 11) is 0. The summed E-state index contributed by atoms with van der Waals surface area (Å²) >= 11 is 0. The molecule has 3 heterocycles. The lowest BCUT2D eigenvalue weighted by atomic mass is 10.00. The van der Waals surface area contributed by atoms with Gasteiger partial charge in [-0.2, -0.15) is 5.26 Å². The van der Waals surface area contributed by atoms with Crippen LogP contribution in [0.25, 0.3) is 0 Å². The number of anilines is 1. The van der Waals surface area contributed by atoms with Crippen LogP contribution in [0, 0.1) is 23.2 Å². The van der Waals surface area contributed by atoms with E-state index in [1.807, 2.05) is 4.90 Å². The van der Waals surface area contributed by atoms with Gasteiger partial charge in [0.25, 0.3) is 5.91 Å². The minimum Gasteiger partial charge on any atom is -0.459 e. The molecule has 31 heavy (non-hydrogen) atoms. The summed E-state index contributed by atoms with van der Waals surface area (Å²) in [4.78, 5) is 22.2. The Labute approximate surface area is 181 Å². The molecule has 0 saturated carbocycles. The predicted octanol–water partition coefficient (Wildman–Crippen LogP) is 3.77. The number of carbonyl (C=O) groups excluding carboxylic acids is 1. The van der Waals surface area contributed by atoms with Gasteiger partial charge in [0.1, 0.15) is 0 Å². The molecule has 1 unspecified atom stereocenters. The highest BCUT2D eigenvalue weighted by Gasteiger charge is 2.27. The molecule has 1 fully saturated rings. The second-order valence-electron chi connectivity index (χ2n) is 7.53. The number of aliphatic imine (C=N–C) groups is 1. The van der Waals surface area contributed by atoms with E-state index in [4.69, 9.17) is 9.68 Å². The lowest BCUT2D eigenvalue weighted by Gasteiger charge is -2.15. The number of aromatic nitrogens is 1. The van der Waals surface area contributed by atoms with Gasteiger partial charge in [0.15, 0.2) is 17.8 Å². The molecule has 0 aliphatic carbocycles. The van der Waals surface area contributed by atoms with E-state index in [0.29, 0.717) is 18.2 Å². The Morgan fingerprint density at radius 1 is 1.35 bits per heavy atom. The van der Waals surface area contributed by atoms with Crippen molar-refractivity contribution in [2.45, 2.75) is 38.5 Å². The normalized spacial score (nSPS) is 16.2. The number of amides is 1. The van der Waals surface area contributed by atoms with E-state index in [9.17, 15) is 9.18 Å². The number of nitriles is 1. The Morgan fingerprint density at radius 3 is 3.00 bits per heavy atom. The maximum absolute atomic E-state index is 13.7. The van der Waals surface area contributed by atoms with Gasteiger partial charge in [-0.25, -0.2) is 4.39 Å². The van der Waals surface area contributed by atoms with Gasteiger partial charge in [0.05, 0.1) is 18.1 Å². The van der Waals surface area contributed by atoms with Crippen LogP contribution in [-0.2, 0) is 0 Å². The zero-order valence-electron chi connectivity index (χ0n) is 17.4. The minimum absolute atomic E-state index is 0.0209. The number of nitrogens with one attached hydrogen (secondary N) is 2. The zero-order chi connectivity index (χ0) is 21.9. The molecular weight excluding hydrogens is 399 g/mol. The van der Waals surface area contributed by atoms with Crippen molar-refractivity contribution in [3.8, 4) is 6.19 Å². The monoisotopic (exact) mass is 426 g/mol. The first kappa shape index (κ1) is 22.3. The van der Waals surface area contributed by atoms with E-state index in [-0.39, 0.29) is 17.6 Å². The van der Waals surface area contributed by atoms with E-state index in [2.05, 4.69) is 20.6 Å². The number of unbranched alkanes of at least 4 members (excludes halogenated alkanes) is 3. The summed E-state index contributed by atoms with van der Waals surface area (Å²) in [6.45, 7) is 2.13. The Kier molecular flexibility index (Phi) is 8.40. The molecule has 164 valence electrons. The molecule has 0 radical (unpaired) electrons. The van der Waals surface area contributed by atoms with E-state index >= 15 is 0 Å². The molecule has 2 N–H and O–H groups in total.